The highest BCUT2D eigenvalue weighted by Gasteiger charge is 2.41. The molecule has 4 nitrogen and oxygen atoms in total. The van der Waals surface area contributed by atoms with Crippen LogP contribution in [0, 0.1) is 12.8 Å². The van der Waals surface area contributed by atoms with Crippen LogP contribution in [0.1, 0.15) is 61.6 Å². The van der Waals surface area contributed by atoms with Crippen LogP contribution in [0.2, 0.25) is 0 Å². The summed E-state index contributed by atoms with van der Waals surface area (Å²) in [4.78, 5) is 1.31. The number of hydrogen-bond acceptors (Lipinski definition) is 5. The molecule has 1 N–H and O–H groups in total. The van der Waals surface area contributed by atoms with E-state index >= 15 is 0 Å². The van der Waals surface area contributed by atoms with E-state index in [1.54, 1.807) is 11.5 Å². The zero-order valence-electron chi connectivity index (χ0n) is 12.5. The minimum absolute atomic E-state index is 0.169. The van der Waals surface area contributed by atoms with Gasteiger partial charge in [0.2, 0.25) is 0 Å². The third-order valence-electron chi connectivity index (χ3n) is 5.05. The maximum absolute atomic E-state index is 6.22. The van der Waals surface area contributed by atoms with Gasteiger partial charge in [0.15, 0.2) is 0 Å². The van der Waals surface area contributed by atoms with Crippen LogP contribution in [0.15, 0.2) is 0 Å². The highest BCUT2D eigenvalue weighted by molar-refractivity contribution is 7.05. The number of aryl methyl sites for hydroxylation is 1. The number of rotatable bonds is 3. The van der Waals surface area contributed by atoms with Gasteiger partial charge in [-0.15, -0.1) is 5.10 Å². The lowest BCUT2D eigenvalue weighted by atomic mass is 9.74. The van der Waals surface area contributed by atoms with Gasteiger partial charge >= 0.3 is 0 Å². The summed E-state index contributed by atoms with van der Waals surface area (Å²) in [7, 11) is 2.06. The fourth-order valence-electron chi connectivity index (χ4n) is 4.00. The van der Waals surface area contributed by atoms with Gasteiger partial charge in [0, 0.05) is 12.6 Å². The SMILES string of the molecule is CNC(c1snnc1C)C1CCOC2(CCCCC2)C1. The molecule has 2 aliphatic rings. The van der Waals surface area contributed by atoms with Crippen molar-refractivity contribution in [3.8, 4) is 0 Å². The third kappa shape index (κ3) is 2.76. The smallest absolute Gasteiger partial charge is 0.0772 e. The van der Waals surface area contributed by atoms with Gasteiger partial charge in [0.25, 0.3) is 0 Å². The quantitative estimate of drug-likeness (QED) is 0.930. The molecular weight excluding hydrogens is 270 g/mol. The Morgan fingerprint density at radius 2 is 2.15 bits per heavy atom. The van der Waals surface area contributed by atoms with E-state index in [1.807, 2.05) is 0 Å². The summed E-state index contributed by atoms with van der Waals surface area (Å²) in [6.45, 7) is 2.98. The number of ether oxygens (including phenoxy) is 1. The Balaban J connectivity index is 1.76. The molecule has 0 bridgehead atoms. The second-order valence-electron chi connectivity index (χ2n) is 6.33. The van der Waals surface area contributed by atoms with Gasteiger partial charge < -0.3 is 10.1 Å². The Labute approximate surface area is 125 Å². The average molecular weight is 295 g/mol. The van der Waals surface area contributed by atoms with E-state index in [9.17, 15) is 0 Å². The predicted octanol–water partition coefficient (Wildman–Crippen LogP) is 3.24. The molecule has 0 aromatic carbocycles. The van der Waals surface area contributed by atoms with Gasteiger partial charge in [-0.05, 0) is 57.1 Å². The summed E-state index contributed by atoms with van der Waals surface area (Å²) < 4.78 is 10.3. The molecule has 1 spiro atoms. The minimum atomic E-state index is 0.169. The first-order valence-electron chi connectivity index (χ1n) is 7.84. The summed E-state index contributed by atoms with van der Waals surface area (Å²) in [5.74, 6) is 0.646. The van der Waals surface area contributed by atoms with Crippen LogP contribution in [0.5, 0.6) is 0 Å². The van der Waals surface area contributed by atoms with Gasteiger partial charge in [-0.25, -0.2) is 0 Å². The molecule has 2 unspecified atom stereocenters. The summed E-state index contributed by atoms with van der Waals surface area (Å²) in [5, 5.41) is 7.69. The third-order valence-corrected chi connectivity index (χ3v) is 5.96. The van der Waals surface area contributed by atoms with Gasteiger partial charge in [0.05, 0.1) is 16.2 Å². The lowest BCUT2D eigenvalue weighted by Gasteiger charge is -2.45. The molecule has 2 fully saturated rings. The fourth-order valence-corrected chi connectivity index (χ4v) is 4.85. The first-order chi connectivity index (χ1) is 9.74. The molecule has 3 rings (SSSR count). The number of nitrogens with zero attached hydrogens (tertiary/aromatic N) is 2. The zero-order chi connectivity index (χ0) is 14.0. The summed E-state index contributed by atoms with van der Waals surface area (Å²) in [5.41, 5.74) is 1.25. The maximum Gasteiger partial charge on any atom is 0.0772 e. The molecule has 1 aromatic heterocycles. The summed E-state index contributed by atoms with van der Waals surface area (Å²) in [6, 6.07) is 0.387. The van der Waals surface area contributed by atoms with Gasteiger partial charge in [-0.1, -0.05) is 23.8 Å². The molecule has 2 atom stereocenters. The molecule has 112 valence electrons. The van der Waals surface area contributed by atoms with Crippen molar-refractivity contribution in [2.24, 2.45) is 5.92 Å². The van der Waals surface area contributed by atoms with Crippen molar-refractivity contribution in [3.63, 3.8) is 0 Å². The summed E-state index contributed by atoms with van der Waals surface area (Å²) in [6.07, 6.45) is 8.87. The molecule has 2 heterocycles. The Morgan fingerprint density at radius 1 is 1.35 bits per heavy atom. The van der Waals surface area contributed by atoms with E-state index in [2.05, 4.69) is 28.9 Å². The Kier molecular flexibility index (Phi) is 4.38. The number of hydrogen-bond donors (Lipinski definition) is 1. The van der Waals surface area contributed by atoms with Crippen LogP contribution < -0.4 is 5.32 Å². The van der Waals surface area contributed by atoms with E-state index in [1.165, 1.54) is 43.4 Å². The number of aromatic nitrogens is 2. The van der Waals surface area contributed by atoms with Crippen LogP contribution >= 0.6 is 11.5 Å². The van der Waals surface area contributed by atoms with E-state index in [-0.39, 0.29) is 5.60 Å². The highest BCUT2D eigenvalue weighted by Crippen LogP contribution is 2.44. The predicted molar refractivity (Wildman–Crippen MR) is 80.9 cm³/mol. The second kappa shape index (κ2) is 6.08. The van der Waals surface area contributed by atoms with E-state index in [0.717, 1.165) is 18.7 Å². The van der Waals surface area contributed by atoms with E-state index in [4.69, 9.17) is 4.74 Å². The van der Waals surface area contributed by atoms with Crippen molar-refractivity contribution >= 4 is 11.5 Å². The summed E-state index contributed by atoms with van der Waals surface area (Å²) >= 11 is 1.55. The topological polar surface area (TPSA) is 47.0 Å². The van der Waals surface area contributed by atoms with Crippen LogP contribution in [0.3, 0.4) is 0 Å². The lowest BCUT2D eigenvalue weighted by Crippen LogP contribution is -2.44. The van der Waals surface area contributed by atoms with Crippen molar-refractivity contribution in [2.45, 2.75) is 63.5 Å². The number of nitrogens with one attached hydrogen (secondary N) is 1. The Hall–Kier alpha value is -0.520. The highest BCUT2D eigenvalue weighted by atomic mass is 32.1. The van der Waals surface area contributed by atoms with Crippen molar-refractivity contribution in [1.82, 2.24) is 14.9 Å². The maximum atomic E-state index is 6.22. The molecule has 1 aliphatic heterocycles. The van der Waals surface area contributed by atoms with Gasteiger partial charge in [0.1, 0.15) is 0 Å². The van der Waals surface area contributed by atoms with Crippen molar-refractivity contribution in [1.29, 1.82) is 0 Å². The second-order valence-corrected chi connectivity index (χ2v) is 7.12. The van der Waals surface area contributed by atoms with Crippen LogP contribution in [0.4, 0.5) is 0 Å². The van der Waals surface area contributed by atoms with Gasteiger partial charge in [-0.2, -0.15) is 0 Å². The fraction of sp³-hybridized carbons (Fsp3) is 0.867. The van der Waals surface area contributed by atoms with Crippen LogP contribution in [-0.4, -0.2) is 28.8 Å². The van der Waals surface area contributed by atoms with E-state index < -0.39 is 0 Å². The monoisotopic (exact) mass is 295 g/mol. The normalized spacial score (nSPS) is 27.6. The van der Waals surface area contributed by atoms with Crippen LogP contribution in [-0.2, 0) is 4.74 Å². The van der Waals surface area contributed by atoms with Crippen molar-refractivity contribution in [2.75, 3.05) is 13.7 Å². The molecule has 0 amide bonds. The molecule has 1 aliphatic carbocycles. The first-order valence-corrected chi connectivity index (χ1v) is 8.61. The molecule has 5 heteroatoms. The Bertz CT molecular complexity index is 437. The van der Waals surface area contributed by atoms with E-state index in [0.29, 0.717) is 12.0 Å². The van der Waals surface area contributed by atoms with Gasteiger partial charge in [-0.3, -0.25) is 0 Å². The Morgan fingerprint density at radius 3 is 2.80 bits per heavy atom. The molecule has 0 radical (unpaired) electrons. The zero-order valence-corrected chi connectivity index (χ0v) is 13.3. The molecule has 1 aromatic rings. The largest absolute Gasteiger partial charge is 0.375 e. The first kappa shape index (κ1) is 14.4. The van der Waals surface area contributed by atoms with Crippen LogP contribution in [0.25, 0.3) is 0 Å². The lowest BCUT2D eigenvalue weighted by molar-refractivity contribution is -0.121. The molecule has 20 heavy (non-hydrogen) atoms. The van der Waals surface area contributed by atoms with Crippen molar-refractivity contribution in [3.05, 3.63) is 10.6 Å². The molecule has 1 saturated heterocycles. The molecule has 1 saturated carbocycles. The molecular formula is C15H25N3OS. The standard InChI is InChI=1S/C15H25N3OS/c1-11-14(20-18-17-11)13(16-2)12-6-9-19-15(10-12)7-4-3-5-8-15/h12-13,16H,3-10H2,1-2H3. The minimum Gasteiger partial charge on any atom is -0.375 e. The van der Waals surface area contributed by atoms with Crippen molar-refractivity contribution < 1.29 is 4.74 Å². The average Bonchev–Trinajstić information content (AvgIpc) is 2.87.